The van der Waals surface area contributed by atoms with Crippen LogP contribution in [0.5, 0.6) is 11.5 Å². The third kappa shape index (κ3) is 4.72. The number of carbonyl (C=O) groups excluding carboxylic acids is 1. The van der Waals surface area contributed by atoms with Crippen molar-refractivity contribution >= 4 is 5.91 Å². The Morgan fingerprint density at radius 1 is 1.08 bits per heavy atom. The predicted octanol–water partition coefficient (Wildman–Crippen LogP) is 3.65. The molecule has 0 saturated carbocycles. The minimum Gasteiger partial charge on any atom is -0.493 e. The van der Waals surface area contributed by atoms with Gasteiger partial charge in [-0.3, -0.25) is 4.79 Å². The number of amides is 1. The summed E-state index contributed by atoms with van der Waals surface area (Å²) in [7, 11) is 3.17. The smallest absolute Gasteiger partial charge is 0.220 e. The second-order valence-corrected chi connectivity index (χ2v) is 5.53. The molecule has 5 heteroatoms. The highest BCUT2D eigenvalue weighted by Crippen LogP contribution is 2.28. The topological polar surface area (TPSA) is 47.6 Å². The van der Waals surface area contributed by atoms with Crippen molar-refractivity contribution in [2.75, 3.05) is 14.2 Å². The molecule has 128 valence electrons. The van der Waals surface area contributed by atoms with Gasteiger partial charge in [-0.25, -0.2) is 4.39 Å². The van der Waals surface area contributed by atoms with Crippen molar-refractivity contribution in [3.05, 3.63) is 59.4 Å². The molecule has 2 aromatic carbocycles. The third-order valence-corrected chi connectivity index (χ3v) is 3.84. The van der Waals surface area contributed by atoms with Crippen molar-refractivity contribution in [3.8, 4) is 11.5 Å². The Labute approximate surface area is 141 Å². The van der Waals surface area contributed by atoms with E-state index in [1.54, 1.807) is 26.4 Å². The molecule has 2 rings (SSSR count). The first-order chi connectivity index (χ1) is 11.5. The Kier molecular flexibility index (Phi) is 6.18. The average Bonchev–Trinajstić information content (AvgIpc) is 2.60. The van der Waals surface area contributed by atoms with Gasteiger partial charge in [0.15, 0.2) is 11.5 Å². The van der Waals surface area contributed by atoms with E-state index in [1.165, 1.54) is 12.1 Å². The van der Waals surface area contributed by atoms with E-state index in [0.29, 0.717) is 24.3 Å². The van der Waals surface area contributed by atoms with Crippen molar-refractivity contribution in [3.63, 3.8) is 0 Å². The zero-order chi connectivity index (χ0) is 17.5. The van der Waals surface area contributed by atoms with E-state index in [1.807, 2.05) is 25.1 Å². The van der Waals surface area contributed by atoms with Crippen LogP contribution in [0, 0.1) is 5.82 Å². The molecule has 0 fully saturated rings. The molecule has 24 heavy (non-hydrogen) atoms. The molecule has 0 bridgehead atoms. The fourth-order valence-electron chi connectivity index (χ4n) is 2.44. The van der Waals surface area contributed by atoms with Crippen molar-refractivity contribution in [1.29, 1.82) is 0 Å². The second kappa shape index (κ2) is 8.34. The van der Waals surface area contributed by atoms with E-state index in [2.05, 4.69) is 5.32 Å². The van der Waals surface area contributed by atoms with Crippen molar-refractivity contribution < 1.29 is 18.7 Å². The first-order valence-corrected chi connectivity index (χ1v) is 7.79. The van der Waals surface area contributed by atoms with Gasteiger partial charge in [-0.05, 0) is 48.7 Å². The normalized spacial score (nSPS) is 11.7. The van der Waals surface area contributed by atoms with Crippen LogP contribution < -0.4 is 14.8 Å². The van der Waals surface area contributed by atoms with Gasteiger partial charge in [0.2, 0.25) is 5.91 Å². The number of carbonyl (C=O) groups is 1. The molecule has 1 atom stereocenters. The molecular formula is C19H22FNO3. The fraction of sp³-hybridized carbons (Fsp3) is 0.316. The Morgan fingerprint density at radius 2 is 1.75 bits per heavy atom. The van der Waals surface area contributed by atoms with Crippen molar-refractivity contribution in [2.45, 2.75) is 25.8 Å². The maximum atomic E-state index is 12.9. The standard InChI is InChI=1S/C19H22FNO3/c1-13(15-6-8-16(20)9-7-15)21-19(22)11-5-14-4-10-17(23-2)18(12-14)24-3/h4,6-10,12-13H,5,11H2,1-3H3,(H,21,22). The molecule has 1 unspecified atom stereocenters. The van der Waals surface area contributed by atoms with Gasteiger partial charge >= 0.3 is 0 Å². The highest BCUT2D eigenvalue weighted by Gasteiger charge is 2.11. The lowest BCUT2D eigenvalue weighted by molar-refractivity contribution is -0.121. The highest BCUT2D eigenvalue weighted by molar-refractivity contribution is 5.76. The van der Waals surface area contributed by atoms with Crippen LogP contribution in [0.1, 0.15) is 30.5 Å². The number of benzene rings is 2. The zero-order valence-corrected chi connectivity index (χ0v) is 14.1. The van der Waals surface area contributed by atoms with E-state index < -0.39 is 0 Å². The molecule has 0 aliphatic heterocycles. The number of ether oxygens (including phenoxy) is 2. The second-order valence-electron chi connectivity index (χ2n) is 5.53. The van der Waals surface area contributed by atoms with Gasteiger partial charge in [0.05, 0.1) is 20.3 Å². The zero-order valence-electron chi connectivity index (χ0n) is 14.1. The largest absolute Gasteiger partial charge is 0.493 e. The van der Waals surface area contributed by atoms with Gasteiger partial charge < -0.3 is 14.8 Å². The molecule has 2 aromatic rings. The molecular weight excluding hydrogens is 309 g/mol. The first kappa shape index (κ1) is 17.8. The Bertz CT molecular complexity index is 686. The Hall–Kier alpha value is -2.56. The maximum Gasteiger partial charge on any atom is 0.220 e. The van der Waals surface area contributed by atoms with Crippen LogP contribution in [0.2, 0.25) is 0 Å². The van der Waals surface area contributed by atoms with Gasteiger partial charge in [0.25, 0.3) is 0 Å². The summed E-state index contributed by atoms with van der Waals surface area (Å²) < 4.78 is 23.4. The molecule has 0 spiro atoms. The Balaban J connectivity index is 1.90. The summed E-state index contributed by atoms with van der Waals surface area (Å²) in [4.78, 5) is 12.1. The molecule has 0 heterocycles. The van der Waals surface area contributed by atoms with Crippen molar-refractivity contribution in [1.82, 2.24) is 5.32 Å². The summed E-state index contributed by atoms with van der Waals surface area (Å²) in [5.41, 5.74) is 1.87. The third-order valence-electron chi connectivity index (χ3n) is 3.84. The molecule has 1 N–H and O–H groups in total. The summed E-state index contributed by atoms with van der Waals surface area (Å²) in [6.07, 6.45) is 0.962. The van der Waals surface area contributed by atoms with E-state index >= 15 is 0 Å². The van der Waals surface area contributed by atoms with Crippen LogP contribution in [0.25, 0.3) is 0 Å². The molecule has 0 aromatic heterocycles. The lowest BCUT2D eigenvalue weighted by Gasteiger charge is -2.14. The van der Waals surface area contributed by atoms with E-state index in [0.717, 1.165) is 11.1 Å². The number of rotatable bonds is 7. The van der Waals surface area contributed by atoms with E-state index in [9.17, 15) is 9.18 Å². The highest BCUT2D eigenvalue weighted by atomic mass is 19.1. The number of nitrogens with one attached hydrogen (secondary N) is 1. The van der Waals surface area contributed by atoms with Crippen molar-refractivity contribution in [2.24, 2.45) is 0 Å². The number of halogens is 1. The van der Waals surface area contributed by atoms with E-state index in [4.69, 9.17) is 9.47 Å². The minimum atomic E-state index is -0.286. The number of hydrogen-bond donors (Lipinski definition) is 1. The van der Waals surface area contributed by atoms with Crippen LogP contribution in [0.4, 0.5) is 4.39 Å². The molecule has 0 aliphatic rings. The quantitative estimate of drug-likeness (QED) is 0.842. The van der Waals surface area contributed by atoms with Gasteiger partial charge in [-0.2, -0.15) is 0 Å². The summed E-state index contributed by atoms with van der Waals surface area (Å²) in [5, 5.41) is 2.92. The number of methoxy groups -OCH3 is 2. The number of aryl methyl sites for hydroxylation is 1. The van der Waals surface area contributed by atoms with Gasteiger partial charge in [0, 0.05) is 6.42 Å². The summed E-state index contributed by atoms with van der Waals surface area (Å²) >= 11 is 0. The van der Waals surface area contributed by atoms with E-state index in [-0.39, 0.29) is 17.8 Å². The monoisotopic (exact) mass is 331 g/mol. The molecule has 0 aliphatic carbocycles. The number of hydrogen-bond acceptors (Lipinski definition) is 3. The Morgan fingerprint density at radius 3 is 2.38 bits per heavy atom. The lowest BCUT2D eigenvalue weighted by atomic mass is 10.1. The molecule has 4 nitrogen and oxygen atoms in total. The first-order valence-electron chi connectivity index (χ1n) is 7.79. The van der Waals surface area contributed by atoms with Crippen LogP contribution >= 0.6 is 0 Å². The van der Waals surface area contributed by atoms with Crippen LogP contribution in [0.15, 0.2) is 42.5 Å². The summed E-state index contributed by atoms with van der Waals surface area (Å²) in [5.74, 6) is 0.970. The van der Waals surface area contributed by atoms with Gasteiger partial charge in [-0.1, -0.05) is 18.2 Å². The summed E-state index contributed by atoms with van der Waals surface area (Å²) in [6, 6.07) is 11.6. The molecule has 0 radical (unpaired) electrons. The minimum absolute atomic E-state index is 0.0541. The van der Waals surface area contributed by atoms with Crippen LogP contribution in [-0.4, -0.2) is 20.1 Å². The van der Waals surface area contributed by atoms with Crippen LogP contribution in [0.3, 0.4) is 0 Å². The van der Waals surface area contributed by atoms with Gasteiger partial charge in [-0.15, -0.1) is 0 Å². The molecule has 1 amide bonds. The summed E-state index contributed by atoms with van der Waals surface area (Å²) in [6.45, 7) is 1.88. The van der Waals surface area contributed by atoms with Gasteiger partial charge in [0.1, 0.15) is 5.82 Å². The lowest BCUT2D eigenvalue weighted by Crippen LogP contribution is -2.26. The maximum absolute atomic E-state index is 12.9. The average molecular weight is 331 g/mol. The fourth-order valence-corrected chi connectivity index (χ4v) is 2.44. The molecule has 0 saturated heterocycles. The SMILES string of the molecule is COc1ccc(CCC(=O)NC(C)c2ccc(F)cc2)cc1OC. The van der Waals surface area contributed by atoms with Crippen LogP contribution in [-0.2, 0) is 11.2 Å². The predicted molar refractivity (Wildman–Crippen MR) is 90.8 cm³/mol.